The van der Waals surface area contributed by atoms with Crippen molar-refractivity contribution in [3.8, 4) is 0 Å². The van der Waals surface area contributed by atoms with Gasteiger partial charge < -0.3 is 15.2 Å². The van der Waals surface area contributed by atoms with Crippen LogP contribution in [-0.4, -0.2) is 57.0 Å². The minimum Gasteiger partial charge on any atom is -0.384 e. The molecular formula is C13H28N2O2. The molecular weight excluding hydrogens is 216 g/mol. The Morgan fingerprint density at radius 3 is 2.82 bits per heavy atom. The van der Waals surface area contributed by atoms with Crippen molar-refractivity contribution in [2.24, 2.45) is 11.7 Å². The fourth-order valence-electron chi connectivity index (χ4n) is 2.75. The molecule has 1 saturated heterocycles. The number of hydrogen-bond donors (Lipinski definition) is 1. The number of rotatable bonds is 7. The van der Waals surface area contributed by atoms with E-state index in [1.807, 2.05) is 0 Å². The molecule has 0 radical (unpaired) electrons. The van der Waals surface area contributed by atoms with Crippen LogP contribution in [0.3, 0.4) is 0 Å². The lowest BCUT2D eigenvalue weighted by atomic mass is 9.97. The van der Waals surface area contributed by atoms with Crippen LogP contribution in [0, 0.1) is 5.92 Å². The normalized spacial score (nSPS) is 25.8. The second-order valence-corrected chi connectivity index (χ2v) is 4.95. The highest BCUT2D eigenvalue weighted by Gasteiger charge is 2.28. The van der Waals surface area contributed by atoms with Crippen molar-refractivity contribution in [1.82, 2.24) is 4.90 Å². The van der Waals surface area contributed by atoms with Gasteiger partial charge in [0, 0.05) is 32.8 Å². The van der Waals surface area contributed by atoms with Crippen LogP contribution in [0.5, 0.6) is 0 Å². The van der Waals surface area contributed by atoms with Crippen LogP contribution < -0.4 is 5.73 Å². The Hall–Kier alpha value is -0.160. The monoisotopic (exact) mass is 244 g/mol. The Labute approximate surface area is 105 Å². The van der Waals surface area contributed by atoms with Crippen LogP contribution in [0.4, 0.5) is 0 Å². The number of hydrogen-bond acceptors (Lipinski definition) is 4. The number of piperidine rings is 1. The lowest BCUT2D eigenvalue weighted by molar-refractivity contribution is -0.0198. The fraction of sp³-hybridized carbons (Fsp3) is 1.00. The van der Waals surface area contributed by atoms with E-state index in [0.29, 0.717) is 24.6 Å². The SMILES string of the molecule is CCOC1CCCN(C(CN)C(C)COC)C1. The Balaban J connectivity index is 2.49. The largest absolute Gasteiger partial charge is 0.384 e. The highest BCUT2D eigenvalue weighted by atomic mass is 16.5. The van der Waals surface area contributed by atoms with E-state index in [1.54, 1.807) is 7.11 Å². The maximum atomic E-state index is 5.92. The number of ether oxygens (including phenoxy) is 2. The summed E-state index contributed by atoms with van der Waals surface area (Å²) in [4.78, 5) is 2.48. The molecule has 0 aromatic heterocycles. The summed E-state index contributed by atoms with van der Waals surface area (Å²) in [6.07, 6.45) is 2.78. The van der Waals surface area contributed by atoms with Gasteiger partial charge in [-0.15, -0.1) is 0 Å². The molecule has 102 valence electrons. The van der Waals surface area contributed by atoms with Crippen LogP contribution >= 0.6 is 0 Å². The lowest BCUT2D eigenvalue weighted by Crippen LogP contribution is -2.51. The van der Waals surface area contributed by atoms with Crippen molar-refractivity contribution in [1.29, 1.82) is 0 Å². The summed E-state index contributed by atoms with van der Waals surface area (Å²) in [6, 6.07) is 0.415. The van der Waals surface area contributed by atoms with Gasteiger partial charge in [0.2, 0.25) is 0 Å². The van der Waals surface area contributed by atoms with Crippen LogP contribution in [0.15, 0.2) is 0 Å². The van der Waals surface area contributed by atoms with E-state index in [2.05, 4.69) is 18.7 Å². The number of nitrogens with two attached hydrogens (primary N) is 1. The van der Waals surface area contributed by atoms with Crippen molar-refractivity contribution in [3.63, 3.8) is 0 Å². The van der Waals surface area contributed by atoms with Gasteiger partial charge in [0.25, 0.3) is 0 Å². The van der Waals surface area contributed by atoms with Gasteiger partial charge >= 0.3 is 0 Å². The molecule has 0 amide bonds. The molecule has 4 nitrogen and oxygen atoms in total. The Morgan fingerprint density at radius 2 is 2.24 bits per heavy atom. The first-order chi connectivity index (χ1) is 8.22. The van der Waals surface area contributed by atoms with E-state index in [4.69, 9.17) is 15.2 Å². The molecule has 1 rings (SSSR count). The summed E-state index contributed by atoms with van der Waals surface area (Å²) in [6.45, 7) is 8.71. The predicted octanol–water partition coefficient (Wildman–Crippen LogP) is 1.10. The van der Waals surface area contributed by atoms with Gasteiger partial charge in [-0.05, 0) is 32.2 Å². The van der Waals surface area contributed by atoms with E-state index in [1.165, 1.54) is 12.8 Å². The summed E-state index contributed by atoms with van der Waals surface area (Å²) in [7, 11) is 1.75. The summed E-state index contributed by atoms with van der Waals surface area (Å²) in [5.74, 6) is 0.477. The second kappa shape index (κ2) is 8.03. The van der Waals surface area contributed by atoms with E-state index in [0.717, 1.165) is 26.3 Å². The van der Waals surface area contributed by atoms with E-state index in [-0.39, 0.29) is 0 Å². The van der Waals surface area contributed by atoms with Gasteiger partial charge in [-0.3, -0.25) is 4.90 Å². The summed E-state index contributed by atoms with van der Waals surface area (Å²) in [5, 5.41) is 0. The van der Waals surface area contributed by atoms with Gasteiger partial charge in [0.05, 0.1) is 12.7 Å². The summed E-state index contributed by atoms with van der Waals surface area (Å²) >= 11 is 0. The van der Waals surface area contributed by atoms with Crippen molar-refractivity contribution < 1.29 is 9.47 Å². The fourth-order valence-corrected chi connectivity index (χ4v) is 2.75. The lowest BCUT2D eigenvalue weighted by Gasteiger charge is -2.40. The molecule has 0 bridgehead atoms. The third-order valence-electron chi connectivity index (χ3n) is 3.61. The van der Waals surface area contributed by atoms with Crippen molar-refractivity contribution >= 4 is 0 Å². The quantitative estimate of drug-likeness (QED) is 0.728. The molecule has 1 aliphatic rings. The molecule has 4 heteroatoms. The molecule has 2 N–H and O–H groups in total. The zero-order chi connectivity index (χ0) is 12.7. The van der Waals surface area contributed by atoms with Gasteiger partial charge in [0.1, 0.15) is 0 Å². The number of methoxy groups -OCH3 is 1. The first-order valence-corrected chi connectivity index (χ1v) is 6.77. The highest BCUT2D eigenvalue weighted by molar-refractivity contribution is 4.83. The Morgan fingerprint density at radius 1 is 1.47 bits per heavy atom. The van der Waals surface area contributed by atoms with Gasteiger partial charge in [0.15, 0.2) is 0 Å². The van der Waals surface area contributed by atoms with Gasteiger partial charge in [-0.1, -0.05) is 6.92 Å². The molecule has 1 fully saturated rings. The number of nitrogens with zero attached hydrogens (tertiary/aromatic N) is 1. The van der Waals surface area contributed by atoms with E-state index in [9.17, 15) is 0 Å². The second-order valence-electron chi connectivity index (χ2n) is 4.95. The van der Waals surface area contributed by atoms with Crippen LogP contribution in [-0.2, 0) is 9.47 Å². The molecule has 17 heavy (non-hydrogen) atoms. The van der Waals surface area contributed by atoms with Crippen molar-refractivity contribution in [2.75, 3.05) is 40.0 Å². The van der Waals surface area contributed by atoms with E-state index < -0.39 is 0 Å². The first kappa shape index (κ1) is 14.9. The Bertz CT molecular complexity index is 200. The molecule has 0 aliphatic carbocycles. The zero-order valence-corrected chi connectivity index (χ0v) is 11.5. The average molecular weight is 244 g/mol. The topological polar surface area (TPSA) is 47.7 Å². The smallest absolute Gasteiger partial charge is 0.0702 e. The van der Waals surface area contributed by atoms with Crippen molar-refractivity contribution in [3.05, 3.63) is 0 Å². The molecule has 0 aromatic rings. The molecule has 0 saturated carbocycles. The maximum Gasteiger partial charge on any atom is 0.0702 e. The minimum atomic E-state index is 0.387. The van der Waals surface area contributed by atoms with Crippen LogP contribution in [0.1, 0.15) is 26.7 Å². The zero-order valence-electron chi connectivity index (χ0n) is 11.5. The van der Waals surface area contributed by atoms with Crippen LogP contribution in [0.2, 0.25) is 0 Å². The third kappa shape index (κ3) is 4.54. The Kier molecular flexibility index (Phi) is 7.04. The average Bonchev–Trinajstić information content (AvgIpc) is 2.31. The molecule has 1 heterocycles. The van der Waals surface area contributed by atoms with Crippen LogP contribution in [0.25, 0.3) is 0 Å². The first-order valence-electron chi connectivity index (χ1n) is 6.77. The maximum absolute atomic E-state index is 5.92. The summed E-state index contributed by atoms with van der Waals surface area (Å²) < 4.78 is 11.0. The molecule has 0 spiro atoms. The minimum absolute atomic E-state index is 0.387. The molecule has 1 aliphatic heterocycles. The van der Waals surface area contributed by atoms with E-state index >= 15 is 0 Å². The van der Waals surface area contributed by atoms with Gasteiger partial charge in [-0.2, -0.15) is 0 Å². The highest BCUT2D eigenvalue weighted by Crippen LogP contribution is 2.19. The predicted molar refractivity (Wildman–Crippen MR) is 70.1 cm³/mol. The number of likely N-dealkylation sites (tertiary alicyclic amines) is 1. The summed E-state index contributed by atoms with van der Waals surface area (Å²) in [5.41, 5.74) is 5.92. The van der Waals surface area contributed by atoms with Crippen molar-refractivity contribution in [2.45, 2.75) is 38.8 Å². The third-order valence-corrected chi connectivity index (χ3v) is 3.61. The molecule has 0 aromatic carbocycles. The molecule has 3 unspecified atom stereocenters. The molecule has 3 atom stereocenters. The van der Waals surface area contributed by atoms with Gasteiger partial charge in [-0.25, -0.2) is 0 Å². The standard InChI is InChI=1S/C13H28N2O2/c1-4-17-12-6-5-7-15(9-12)13(8-14)11(2)10-16-3/h11-13H,4-10,14H2,1-3H3.